The number of nitrogens with zero attached hydrogens (tertiary/aromatic N) is 2. The molecule has 1 aromatic carbocycles. The Bertz CT molecular complexity index is 1380. The molecule has 1 N–H and O–H groups in total. The molecule has 1 aliphatic heterocycles. The number of carbonyl (C=O) groups excluding carboxylic acids is 2. The number of hydrogen-bond donors (Lipinski definition) is 1. The van der Waals surface area contributed by atoms with Gasteiger partial charge in [0.05, 0.1) is 21.2 Å². The lowest BCUT2D eigenvalue weighted by Crippen LogP contribution is -2.49. The van der Waals surface area contributed by atoms with Crippen LogP contribution in [0.5, 0.6) is 0 Å². The number of aromatic nitrogens is 1. The summed E-state index contributed by atoms with van der Waals surface area (Å²) in [6.45, 7) is 0. The molecule has 6 rings (SSSR count). The van der Waals surface area contributed by atoms with Gasteiger partial charge in [-0.05, 0) is 74.6 Å². The zero-order valence-electron chi connectivity index (χ0n) is 19.2. The summed E-state index contributed by atoms with van der Waals surface area (Å²) in [5.41, 5.74) is 0.0140. The summed E-state index contributed by atoms with van der Waals surface area (Å²) in [5, 5.41) is 2.11. The summed E-state index contributed by atoms with van der Waals surface area (Å²) in [7, 11) is -3.50. The molecule has 1 saturated heterocycles. The minimum Gasteiger partial charge on any atom is -0.347 e. The third-order valence-electron chi connectivity index (χ3n) is 7.65. The average Bonchev–Trinajstić information content (AvgIpc) is 3.72. The zero-order chi connectivity index (χ0) is 25.4. The van der Waals surface area contributed by atoms with Crippen molar-refractivity contribution in [3.8, 4) is 0 Å². The maximum absolute atomic E-state index is 14.7. The van der Waals surface area contributed by atoms with Crippen molar-refractivity contribution < 1.29 is 26.8 Å². The highest BCUT2D eigenvalue weighted by Crippen LogP contribution is 2.49. The molecule has 3 saturated carbocycles. The molecule has 0 bridgehead atoms. The van der Waals surface area contributed by atoms with Crippen LogP contribution in [0.2, 0.25) is 5.02 Å². The number of carbonyl (C=O) groups is 2. The zero-order valence-corrected chi connectivity index (χ0v) is 20.7. The standard InChI is InChI=1S/C25H24ClF2N3O4S/c26-17-11-18(27)16(10-19(17)28)23(12-1-2-12)30-24(32)22-8-13-7-21(13)31(22)25(33)20-9-15(5-6-29-20)36(34,35)14-3-4-14/h5-6,9-14,21-23H,1-4,7-8H2,(H,30,32)/t13-,21-,22-,23-/m1/s1. The van der Waals surface area contributed by atoms with Gasteiger partial charge in [0.1, 0.15) is 23.4 Å². The normalized spacial score (nSPS) is 25.9. The molecule has 2 aromatic rings. The number of nitrogens with one attached hydrogen (secondary N) is 1. The number of rotatable bonds is 7. The molecule has 11 heteroatoms. The van der Waals surface area contributed by atoms with E-state index >= 15 is 0 Å². The van der Waals surface area contributed by atoms with E-state index in [2.05, 4.69) is 10.3 Å². The smallest absolute Gasteiger partial charge is 0.273 e. The van der Waals surface area contributed by atoms with E-state index in [1.807, 2.05) is 0 Å². The summed E-state index contributed by atoms with van der Waals surface area (Å²) in [5.74, 6) is -2.26. The van der Waals surface area contributed by atoms with E-state index in [1.165, 1.54) is 23.2 Å². The number of likely N-dealkylation sites (tertiary alicyclic amines) is 1. The summed E-state index contributed by atoms with van der Waals surface area (Å²) in [6.07, 6.45) is 5.26. The Balaban J connectivity index is 1.24. The van der Waals surface area contributed by atoms with Gasteiger partial charge < -0.3 is 10.2 Å². The highest BCUT2D eigenvalue weighted by Gasteiger charge is 2.57. The highest BCUT2D eigenvalue weighted by molar-refractivity contribution is 7.92. The molecule has 2 amide bonds. The van der Waals surface area contributed by atoms with Crippen LogP contribution in [-0.4, -0.2) is 47.4 Å². The van der Waals surface area contributed by atoms with Crippen LogP contribution in [0.15, 0.2) is 35.4 Å². The molecule has 4 atom stereocenters. The third-order valence-corrected chi connectivity index (χ3v) is 10.2. The lowest BCUT2D eigenvalue weighted by molar-refractivity contribution is -0.126. The number of hydrogen-bond acceptors (Lipinski definition) is 5. The molecule has 1 aromatic heterocycles. The molecule has 0 spiro atoms. The van der Waals surface area contributed by atoms with Crippen LogP contribution >= 0.6 is 11.6 Å². The molecule has 2 heterocycles. The molecular weight excluding hydrogens is 512 g/mol. The Morgan fingerprint density at radius 3 is 2.53 bits per heavy atom. The minimum absolute atomic E-state index is 0.0216. The molecule has 36 heavy (non-hydrogen) atoms. The average molecular weight is 536 g/mol. The number of pyridine rings is 1. The summed E-state index contributed by atoms with van der Waals surface area (Å²) in [6, 6.07) is 2.95. The maximum Gasteiger partial charge on any atom is 0.273 e. The van der Waals surface area contributed by atoms with Crippen LogP contribution in [0.4, 0.5) is 8.78 Å². The predicted octanol–water partition coefficient (Wildman–Crippen LogP) is 3.82. The van der Waals surface area contributed by atoms with Crippen molar-refractivity contribution in [1.29, 1.82) is 0 Å². The van der Waals surface area contributed by atoms with Gasteiger partial charge in [0, 0.05) is 17.8 Å². The summed E-state index contributed by atoms with van der Waals surface area (Å²) >= 11 is 5.70. The summed E-state index contributed by atoms with van der Waals surface area (Å²) < 4.78 is 54.1. The van der Waals surface area contributed by atoms with Gasteiger partial charge in [-0.2, -0.15) is 0 Å². The minimum atomic E-state index is -3.50. The first-order chi connectivity index (χ1) is 17.1. The quantitative estimate of drug-likeness (QED) is 0.544. The Morgan fingerprint density at radius 2 is 1.83 bits per heavy atom. The highest BCUT2D eigenvalue weighted by atomic mass is 35.5. The van der Waals surface area contributed by atoms with Crippen LogP contribution in [-0.2, 0) is 14.6 Å². The van der Waals surface area contributed by atoms with Gasteiger partial charge in [-0.3, -0.25) is 14.6 Å². The van der Waals surface area contributed by atoms with Crippen LogP contribution in [0.1, 0.15) is 60.6 Å². The molecule has 3 aliphatic carbocycles. The van der Waals surface area contributed by atoms with E-state index < -0.39 is 50.6 Å². The Morgan fingerprint density at radius 1 is 1.08 bits per heavy atom. The molecule has 7 nitrogen and oxygen atoms in total. The number of halogens is 3. The number of fused-ring (bicyclic) bond motifs is 1. The van der Waals surface area contributed by atoms with Crippen molar-refractivity contribution in [2.75, 3.05) is 0 Å². The number of piperidine rings is 1. The van der Waals surface area contributed by atoms with Gasteiger partial charge in [0.2, 0.25) is 5.91 Å². The van der Waals surface area contributed by atoms with Crippen molar-refractivity contribution in [3.63, 3.8) is 0 Å². The fourth-order valence-electron chi connectivity index (χ4n) is 5.30. The lowest BCUT2D eigenvalue weighted by atomic mass is 10.00. The lowest BCUT2D eigenvalue weighted by Gasteiger charge is -2.29. The molecular formula is C25H24ClF2N3O4S. The first-order valence-corrected chi connectivity index (χ1v) is 14.0. The van der Waals surface area contributed by atoms with E-state index in [-0.39, 0.29) is 39.1 Å². The largest absolute Gasteiger partial charge is 0.347 e. The first kappa shape index (κ1) is 23.8. The fraction of sp³-hybridized carbons (Fsp3) is 0.480. The van der Waals surface area contributed by atoms with Gasteiger partial charge in [-0.1, -0.05) is 11.6 Å². The molecule has 4 fully saturated rings. The van der Waals surface area contributed by atoms with E-state index in [9.17, 15) is 26.8 Å². The SMILES string of the molecule is O=C(N[C@@H](c1cc(F)c(Cl)cc1F)C1CC1)[C@H]1C[C@H]2C[C@H]2N1C(=O)c1cc(S(=O)(=O)C2CC2)ccn1. The maximum atomic E-state index is 14.7. The van der Waals surface area contributed by atoms with Crippen LogP contribution < -0.4 is 5.32 Å². The molecule has 0 unspecified atom stereocenters. The first-order valence-electron chi connectivity index (χ1n) is 12.1. The summed E-state index contributed by atoms with van der Waals surface area (Å²) in [4.78, 5) is 32.5. The molecule has 4 aliphatic rings. The number of benzene rings is 1. The van der Waals surface area contributed by atoms with Crippen LogP contribution in [0, 0.1) is 23.5 Å². The second-order valence-corrected chi connectivity index (χ2v) is 12.9. The predicted molar refractivity (Wildman–Crippen MR) is 126 cm³/mol. The van der Waals surface area contributed by atoms with Crippen molar-refractivity contribution in [1.82, 2.24) is 15.2 Å². The van der Waals surface area contributed by atoms with Crippen molar-refractivity contribution >= 4 is 33.3 Å². The molecule has 0 radical (unpaired) electrons. The van der Waals surface area contributed by atoms with Gasteiger partial charge in [0.25, 0.3) is 5.91 Å². The Labute approximate surface area is 212 Å². The van der Waals surface area contributed by atoms with E-state index in [4.69, 9.17) is 11.6 Å². The van der Waals surface area contributed by atoms with Gasteiger partial charge in [0.15, 0.2) is 9.84 Å². The third kappa shape index (κ3) is 4.18. The van der Waals surface area contributed by atoms with E-state index in [0.29, 0.717) is 19.3 Å². The second kappa shape index (κ2) is 8.48. The van der Waals surface area contributed by atoms with Crippen molar-refractivity contribution in [2.45, 2.75) is 66.8 Å². The van der Waals surface area contributed by atoms with Gasteiger partial charge >= 0.3 is 0 Å². The molecule has 190 valence electrons. The number of amides is 2. The second-order valence-electron chi connectivity index (χ2n) is 10.3. The Kier molecular flexibility index (Phi) is 5.60. The van der Waals surface area contributed by atoms with E-state index in [0.717, 1.165) is 31.4 Å². The van der Waals surface area contributed by atoms with Crippen molar-refractivity contribution in [3.05, 3.63) is 58.4 Å². The fourth-order valence-corrected chi connectivity index (χ4v) is 7.11. The van der Waals surface area contributed by atoms with Crippen molar-refractivity contribution in [2.24, 2.45) is 11.8 Å². The van der Waals surface area contributed by atoms with E-state index in [1.54, 1.807) is 0 Å². The van der Waals surface area contributed by atoms with Gasteiger partial charge in [-0.25, -0.2) is 17.2 Å². The van der Waals surface area contributed by atoms with Crippen LogP contribution in [0.3, 0.4) is 0 Å². The monoisotopic (exact) mass is 535 g/mol. The topological polar surface area (TPSA) is 96.4 Å². The number of sulfone groups is 1. The Hall–Kier alpha value is -2.59. The van der Waals surface area contributed by atoms with Gasteiger partial charge in [-0.15, -0.1) is 0 Å². The van der Waals surface area contributed by atoms with Crippen LogP contribution in [0.25, 0.3) is 0 Å².